The maximum absolute atomic E-state index is 12.6. The Kier molecular flexibility index (Phi) is 7.09. The summed E-state index contributed by atoms with van der Waals surface area (Å²) in [6.45, 7) is 9.54. The van der Waals surface area contributed by atoms with Crippen molar-refractivity contribution in [1.29, 1.82) is 0 Å². The molecule has 1 aromatic heterocycles. The minimum atomic E-state index is -0.253. The fourth-order valence-electron chi connectivity index (χ4n) is 3.19. The molecular weight excluding hydrogens is 380 g/mol. The molecule has 1 amide bonds. The third-order valence-electron chi connectivity index (χ3n) is 5.02. The van der Waals surface area contributed by atoms with Crippen molar-refractivity contribution in [3.8, 4) is 11.4 Å². The molecule has 6 heteroatoms. The van der Waals surface area contributed by atoms with Gasteiger partial charge >= 0.3 is 0 Å². The summed E-state index contributed by atoms with van der Waals surface area (Å²) in [5, 5.41) is 12.4. The number of benzene rings is 2. The molecule has 0 spiro atoms. The van der Waals surface area contributed by atoms with Crippen LogP contribution in [-0.4, -0.2) is 32.5 Å². The zero-order valence-corrected chi connectivity index (χ0v) is 18.2. The molecule has 5 nitrogen and oxygen atoms in total. The van der Waals surface area contributed by atoms with Crippen molar-refractivity contribution >= 4 is 17.7 Å². The molecule has 0 fully saturated rings. The van der Waals surface area contributed by atoms with E-state index in [0.717, 1.165) is 28.7 Å². The summed E-state index contributed by atoms with van der Waals surface area (Å²) < 4.78 is 2.07. The quantitative estimate of drug-likeness (QED) is 0.550. The minimum Gasteiger partial charge on any atom is -0.355 e. The lowest BCUT2D eigenvalue weighted by atomic mass is 10.0. The summed E-state index contributed by atoms with van der Waals surface area (Å²) in [5.74, 6) is 1.13. The lowest BCUT2D eigenvalue weighted by Crippen LogP contribution is -2.33. The number of nitrogens with zero attached hydrogens (tertiary/aromatic N) is 3. The van der Waals surface area contributed by atoms with E-state index in [9.17, 15) is 4.79 Å². The predicted molar refractivity (Wildman–Crippen MR) is 119 cm³/mol. The van der Waals surface area contributed by atoms with E-state index in [-0.39, 0.29) is 17.1 Å². The third kappa shape index (κ3) is 5.07. The van der Waals surface area contributed by atoms with Crippen LogP contribution in [0.3, 0.4) is 0 Å². The Morgan fingerprint density at radius 2 is 1.76 bits per heavy atom. The normalized spacial score (nSPS) is 13.1. The first-order chi connectivity index (χ1) is 14.0. The third-order valence-corrected chi connectivity index (χ3v) is 6.10. The summed E-state index contributed by atoms with van der Waals surface area (Å²) in [4.78, 5) is 12.6. The molecule has 0 saturated carbocycles. The van der Waals surface area contributed by atoms with Crippen molar-refractivity contribution in [1.82, 2.24) is 20.1 Å². The van der Waals surface area contributed by atoms with Gasteiger partial charge in [-0.1, -0.05) is 73.3 Å². The molecule has 2 atom stereocenters. The van der Waals surface area contributed by atoms with Gasteiger partial charge in [0, 0.05) is 18.7 Å². The highest BCUT2D eigenvalue weighted by atomic mass is 32.2. The van der Waals surface area contributed by atoms with Gasteiger partial charge in [-0.25, -0.2) is 0 Å². The SMILES string of the molecule is CCn1c(S[C@@H](C)C(=O)NC[C@@H](C)c2ccccc2)nnc1-c1ccccc1C. The van der Waals surface area contributed by atoms with Gasteiger partial charge in [0.15, 0.2) is 11.0 Å². The molecule has 3 rings (SSSR count). The molecule has 1 N–H and O–H groups in total. The molecule has 0 unspecified atom stereocenters. The molecule has 2 aromatic carbocycles. The maximum Gasteiger partial charge on any atom is 0.233 e. The number of thioether (sulfide) groups is 1. The lowest BCUT2D eigenvalue weighted by molar-refractivity contribution is -0.120. The molecule has 1 heterocycles. The van der Waals surface area contributed by atoms with E-state index < -0.39 is 0 Å². The first-order valence-corrected chi connectivity index (χ1v) is 10.9. The topological polar surface area (TPSA) is 59.8 Å². The van der Waals surface area contributed by atoms with Crippen LogP contribution < -0.4 is 5.32 Å². The van der Waals surface area contributed by atoms with Gasteiger partial charge in [-0.2, -0.15) is 0 Å². The fourth-order valence-corrected chi connectivity index (χ4v) is 4.13. The molecule has 0 aliphatic rings. The van der Waals surface area contributed by atoms with Crippen LogP contribution >= 0.6 is 11.8 Å². The highest BCUT2D eigenvalue weighted by molar-refractivity contribution is 8.00. The predicted octanol–water partition coefficient (Wildman–Crippen LogP) is 4.67. The van der Waals surface area contributed by atoms with Gasteiger partial charge in [-0.15, -0.1) is 10.2 Å². The first kappa shape index (κ1) is 21.1. The Labute approximate surface area is 176 Å². The van der Waals surface area contributed by atoms with Crippen LogP contribution in [0, 0.1) is 6.92 Å². The maximum atomic E-state index is 12.6. The van der Waals surface area contributed by atoms with E-state index in [1.807, 2.05) is 37.3 Å². The van der Waals surface area contributed by atoms with Crippen molar-refractivity contribution in [2.45, 2.75) is 50.6 Å². The van der Waals surface area contributed by atoms with Crippen LogP contribution in [0.1, 0.15) is 37.8 Å². The van der Waals surface area contributed by atoms with Gasteiger partial charge in [-0.3, -0.25) is 4.79 Å². The largest absolute Gasteiger partial charge is 0.355 e. The van der Waals surface area contributed by atoms with Crippen LogP contribution in [0.15, 0.2) is 59.8 Å². The Balaban J connectivity index is 1.65. The molecule has 0 bridgehead atoms. The monoisotopic (exact) mass is 408 g/mol. The first-order valence-electron chi connectivity index (χ1n) is 9.99. The van der Waals surface area contributed by atoms with E-state index in [2.05, 4.69) is 65.1 Å². The van der Waals surface area contributed by atoms with Crippen LogP contribution in [0.4, 0.5) is 0 Å². The summed E-state index contributed by atoms with van der Waals surface area (Å²) >= 11 is 1.45. The van der Waals surface area contributed by atoms with Gasteiger partial charge < -0.3 is 9.88 Å². The molecule has 3 aromatic rings. The lowest BCUT2D eigenvalue weighted by Gasteiger charge is -2.16. The Bertz CT molecular complexity index is 955. The van der Waals surface area contributed by atoms with Gasteiger partial charge in [-0.05, 0) is 37.8 Å². The molecule has 0 radical (unpaired) electrons. The van der Waals surface area contributed by atoms with E-state index >= 15 is 0 Å². The van der Waals surface area contributed by atoms with E-state index in [1.54, 1.807) is 0 Å². The second-order valence-electron chi connectivity index (χ2n) is 7.18. The number of aromatic nitrogens is 3. The van der Waals surface area contributed by atoms with Crippen molar-refractivity contribution in [2.24, 2.45) is 0 Å². The molecule has 0 aliphatic heterocycles. The van der Waals surface area contributed by atoms with Crippen molar-refractivity contribution < 1.29 is 4.79 Å². The Morgan fingerprint density at radius 3 is 2.45 bits per heavy atom. The molecule has 29 heavy (non-hydrogen) atoms. The van der Waals surface area contributed by atoms with Crippen LogP contribution in [0.2, 0.25) is 0 Å². The Morgan fingerprint density at radius 1 is 1.07 bits per heavy atom. The zero-order valence-electron chi connectivity index (χ0n) is 17.4. The number of hydrogen-bond donors (Lipinski definition) is 1. The highest BCUT2D eigenvalue weighted by Crippen LogP contribution is 2.28. The van der Waals surface area contributed by atoms with Gasteiger partial charge in [0.05, 0.1) is 5.25 Å². The average molecular weight is 409 g/mol. The second-order valence-corrected chi connectivity index (χ2v) is 8.49. The van der Waals surface area contributed by atoms with E-state index in [0.29, 0.717) is 6.54 Å². The molecule has 0 aliphatic carbocycles. The molecule has 152 valence electrons. The average Bonchev–Trinajstić information content (AvgIpc) is 3.14. The number of carbonyl (C=O) groups is 1. The number of amides is 1. The van der Waals surface area contributed by atoms with Crippen molar-refractivity contribution in [3.05, 3.63) is 65.7 Å². The standard InChI is InChI=1S/C23H28N4OS/c1-5-27-21(20-14-10-9-11-16(20)2)25-26-23(27)29-18(4)22(28)24-15-17(3)19-12-7-6-8-13-19/h6-14,17-18H,5,15H2,1-4H3,(H,24,28)/t17-,18+/m1/s1. The zero-order chi connectivity index (χ0) is 20.8. The summed E-state index contributed by atoms with van der Waals surface area (Å²) in [6.07, 6.45) is 0. The summed E-state index contributed by atoms with van der Waals surface area (Å²) in [5.41, 5.74) is 3.45. The van der Waals surface area contributed by atoms with E-state index in [1.165, 1.54) is 17.3 Å². The van der Waals surface area contributed by atoms with Crippen molar-refractivity contribution in [3.63, 3.8) is 0 Å². The molecular formula is C23H28N4OS. The van der Waals surface area contributed by atoms with Crippen molar-refractivity contribution in [2.75, 3.05) is 6.54 Å². The second kappa shape index (κ2) is 9.74. The number of aryl methyl sites for hydroxylation is 1. The van der Waals surface area contributed by atoms with Crippen LogP contribution in [0.5, 0.6) is 0 Å². The fraction of sp³-hybridized carbons (Fsp3) is 0.348. The van der Waals surface area contributed by atoms with E-state index in [4.69, 9.17) is 0 Å². The Hall–Kier alpha value is -2.60. The smallest absolute Gasteiger partial charge is 0.233 e. The van der Waals surface area contributed by atoms with Gasteiger partial charge in [0.2, 0.25) is 5.91 Å². The summed E-state index contributed by atoms with van der Waals surface area (Å²) in [7, 11) is 0. The number of hydrogen-bond acceptors (Lipinski definition) is 4. The molecule has 0 saturated heterocycles. The minimum absolute atomic E-state index is 0.0147. The van der Waals surface area contributed by atoms with Crippen LogP contribution in [-0.2, 0) is 11.3 Å². The van der Waals surface area contributed by atoms with Gasteiger partial charge in [0.25, 0.3) is 0 Å². The number of carbonyl (C=O) groups excluding carboxylic acids is 1. The number of nitrogens with one attached hydrogen (secondary N) is 1. The highest BCUT2D eigenvalue weighted by Gasteiger charge is 2.21. The number of rotatable bonds is 8. The van der Waals surface area contributed by atoms with Crippen LogP contribution in [0.25, 0.3) is 11.4 Å². The summed E-state index contributed by atoms with van der Waals surface area (Å²) in [6, 6.07) is 18.4. The van der Waals surface area contributed by atoms with Gasteiger partial charge in [0.1, 0.15) is 0 Å².